The number of benzene rings is 1. The maximum Gasteiger partial charge on any atom is 0.336 e. The number of carbonyl (C=O) groups is 2. The van der Waals surface area contributed by atoms with Gasteiger partial charge in [-0.05, 0) is 43.4 Å². The standard InChI is InChI=1S/C16H20N2O3/c19-15(8-9-17-11-6-7-11)18-10-2-4-12-13(16(20)21)3-1-5-14(12)18/h1,3,5,11,17H,2,4,6-10H2,(H,20,21). The Labute approximate surface area is 123 Å². The molecule has 0 radical (unpaired) electrons. The van der Waals surface area contributed by atoms with Crippen molar-refractivity contribution in [2.75, 3.05) is 18.0 Å². The molecule has 21 heavy (non-hydrogen) atoms. The molecule has 1 saturated carbocycles. The Morgan fingerprint density at radius 2 is 2.14 bits per heavy atom. The van der Waals surface area contributed by atoms with Gasteiger partial charge in [0.25, 0.3) is 0 Å². The highest BCUT2D eigenvalue weighted by molar-refractivity contribution is 5.98. The van der Waals surface area contributed by atoms with E-state index in [1.807, 2.05) is 6.07 Å². The number of carboxylic acid groups (broad SMARTS) is 1. The summed E-state index contributed by atoms with van der Waals surface area (Å²) in [5.74, 6) is -0.844. The predicted octanol–water partition coefficient (Wildman–Crippen LogP) is 1.81. The molecule has 1 fully saturated rings. The lowest BCUT2D eigenvalue weighted by molar-refractivity contribution is -0.118. The molecule has 5 heteroatoms. The van der Waals surface area contributed by atoms with Gasteiger partial charge in [0.2, 0.25) is 5.91 Å². The Hall–Kier alpha value is -1.88. The van der Waals surface area contributed by atoms with E-state index < -0.39 is 5.97 Å². The number of fused-ring (bicyclic) bond motifs is 1. The van der Waals surface area contributed by atoms with E-state index in [0.717, 1.165) is 24.1 Å². The van der Waals surface area contributed by atoms with Gasteiger partial charge >= 0.3 is 5.97 Å². The lowest BCUT2D eigenvalue weighted by atomic mass is 9.96. The van der Waals surface area contributed by atoms with Crippen molar-refractivity contribution in [2.45, 2.75) is 38.1 Å². The fourth-order valence-corrected chi connectivity index (χ4v) is 2.89. The van der Waals surface area contributed by atoms with Crippen molar-refractivity contribution in [1.29, 1.82) is 0 Å². The molecule has 2 N–H and O–H groups in total. The third-order valence-electron chi connectivity index (χ3n) is 4.13. The van der Waals surface area contributed by atoms with Gasteiger partial charge < -0.3 is 15.3 Å². The van der Waals surface area contributed by atoms with Crippen LogP contribution in [0.5, 0.6) is 0 Å². The summed E-state index contributed by atoms with van der Waals surface area (Å²) in [7, 11) is 0. The summed E-state index contributed by atoms with van der Waals surface area (Å²) in [6, 6.07) is 5.79. The second-order valence-corrected chi connectivity index (χ2v) is 5.74. The molecule has 1 aliphatic heterocycles. The van der Waals surface area contributed by atoms with Crippen molar-refractivity contribution in [3.63, 3.8) is 0 Å². The van der Waals surface area contributed by atoms with Crippen molar-refractivity contribution in [1.82, 2.24) is 5.32 Å². The Morgan fingerprint density at radius 1 is 1.33 bits per heavy atom. The highest BCUT2D eigenvalue weighted by Gasteiger charge is 2.26. The van der Waals surface area contributed by atoms with E-state index >= 15 is 0 Å². The molecule has 0 spiro atoms. The number of nitrogens with zero attached hydrogens (tertiary/aromatic N) is 1. The zero-order valence-electron chi connectivity index (χ0n) is 12.0. The van der Waals surface area contributed by atoms with Crippen LogP contribution in [-0.2, 0) is 11.2 Å². The molecule has 112 valence electrons. The lowest BCUT2D eigenvalue weighted by Crippen LogP contribution is -2.37. The first-order chi connectivity index (χ1) is 10.2. The van der Waals surface area contributed by atoms with E-state index in [-0.39, 0.29) is 5.91 Å². The van der Waals surface area contributed by atoms with Gasteiger partial charge in [0.1, 0.15) is 0 Å². The number of nitrogens with one attached hydrogen (secondary N) is 1. The van der Waals surface area contributed by atoms with E-state index in [1.165, 1.54) is 12.8 Å². The molecular formula is C16H20N2O3. The summed E-state index contributed by atoms with van der Waals surface area (Å²) < 4.78 is 0. The maximum atomic E-state index is 12.4. The average molecular weight is 288 g/mol. The number of hydrogen-bond donors (Lipinski definition) is 2. The van der Waals surface area contributed by atoms with E-state index in [9.17, 15) is 14.7 Å². The number of amides is 1. The normalized spacial score (nSPS) is 17.4. The van der Waals surface area contributed by atoms with Crippen LogP contribution in [0.2, 0.25) is 0 Å². The predicted molar refractivity (Wildman–Crippen MR) is 79.7 cm³/mol. The van der Waals surface area contributed by atoms with Crippen LogP contribution < -0.4 is 10.2 Å². The monoisotopic (exact) mass is 288 g/mol. The van der Waals surface area contributed by atoms with Crippen molar-refractivity contribution in [3.05, 3.63) is 29.3 Å². The van der Waals surface area contributed by atoms with Crippen LogP contribution in [0.15, 0.2) is 18.2 Å². The number of aromatic carboxylic acids is 1. The fraction of sp³-hybridized carbons (Fsp3) is 0.500. The average Bonchev–Trinajstić information content (AvgIpc) is 3.30. The molecule has 0 bridgehead atoms. The Bertz CT molecular complexity index is 567. The largest absolute Gasteiger partial charge is 0.478 e. The van der Waals surface area contributed by atoms with Crippen molar-refractivity contribution in [2.24, 2.45) is 0 Å². The summed E-state index contributed by atoms with van der Waals surface area (Å²) in [6.45, 7) is 1.38. The number of anilines is 1. The van der Waals surface area contributed by atoms with Gasteiger partial charge in [-0.25, -0.2) is 4.79 Å². The molecule has 0 atom stereocenters. The van der Waals surface area contributed by atoms with Gasteiger partial charge in [-0.2, -0.15) is 0 Å². The first kappa shape index (κ1) is 14.1. The molecule has 0 unspecified atom stereocenters. The molecule has 1 amide bonds. The van der Waals surface area contributed by atoms with Gasteiger partial charge in [0.05, 0.1) is 5.56 Å². The summed E-state index contributed by atoms with van der Waals surface area (Å²) >= 11 is 0. The smallest absolute Gasteiger partial charge is 0.336 e. The Morgan fingerprint density at radius 3 is 2.86 bits per heavy atom. The highest BCUT2D eigenvalue weighted by atomic mass is 16.4. The van der Waals surface area contributed by atoms with Gasteiger partial charge in [0, 0.05) is 31.2 Å². The third-order valence-corrected chi connectivity index (χ3v) is 4.13. The molecule has 5 nitrogen and oxygen atoms in total. The van der Waals surface area contributed by atoms with Crippen molar-refractivity contribution >= 4 is 17.6 Å². The minimum atomic E-state index is -0.920. The summed E-state index contributed by atoms with van der Waals surface area (Å²) in [5.41, 5.74) is 1.89. The van der Waals surface area contributed by atoms with E-state index in [2.05, 4.69) is 5.32 Å². The van der Waals surface area contributed by atoms with Crippen LogP contribution in [0.3, 0.4) is 0 Å². The van der Waals surface area contributed by atoms with Crippen LogP contribution in [-0.4, -0.2) is 36.1 Å². The lowest BCUT2D eigenvalue weighted by Gasteiger charge is -2.30. The van der Waals surface area contributed by atoms with Crippen molar-refractivity contribution < 1.29 is 14.7 Å². The molecule has 0 saturated heterocycles. The Kier molecular flexibility index (Phi) is 3.92. The zero-order valence-corrected chi connectivity index (χ0v) is 12.0. The van der Waals surface area contributed by atoms with Crippen LogP contribution in [0.25, 0.3) is 0 Å². The molecule has 1 heterocycles. The number of carboxylic acids is 1. The third kappa shape index (κ3) is 3.08. The van der Waals surface area contributed by atoms with E-state index in [1.54, 1.807) is 17.0 Å². The van der Waals surface area contributed by atoms with Crippen LogP contribution in [0, 0.1) is 0 Å². The minimum Gasteiger partial charge on any atom is -0.478 e. The molecule has 3 rings (SSSR count). The van der Waals surface area contributed by atoms with Crippen LogP contribution in [0.1, 0.15) is 41.6 Å². The van der Waals surface area contributed by atoms with Gasteiger partial charge in [0.15, 0.2) is 0 Å². The van der Waals surface area contributed by atoms with Gasteiger partial charge in [-0.1, -0.05) is 6.07 Å². The van der Waals surface area contributed by atoms with E-state index in [0.29, 0.717) is 31.1 Å². The van der Waals surface area contributed by atoms with E-state index in [4.69, 9.17) is 0 Å². The summed E-state index contributed by atoms with van der Waals surface area (Å²) in [4.78, 5) is 25.4. The molecular weight excluding hydrogens is 268 g/mol. The second-order valence-electron chi connectivity index (χ2n) is 5.74. The zero-order chi connectivity index (χ0) is 14.8. The second kappa shape index (κ2) is 5.85. The highest BCUT2D eigenvalue weighted by Crippen LogP contribution is 2.30. The van der Waals surface area contributed by atoms with Crippen LogP contribution >= 0.6 is 0 Å². The quantitative estimate of drug-likeness (QED) is 0.867. The Balaban J connectivity index is 1.74. The van der Waals surface area contributed by atoms with Crippen LogP contribution in [0.4, 0.5) is 5.69 Å². The first-order valence-electron chi connectivity index (χ1n) is 7.56. The minimum absolute atomic E-state index is 0.0756. The molecule has 2 aliphatic rings. The summed E-state index contributed by atoms with van der Waals surface area (Å²) in [6.07, 6.45) is 4.43. The van der Waals surface area contributed by atoms with Gasteiger partial charge in [-0.3, -0.25) is 4.79 Å². The SMILES string of the molecule is O=C(O)c1cccc2c1CCCN2C(=O)CCNC1CC1. The number of hydrogen-bond acceptors (Lipinski definition) is 3. The molecule has 1 aliphatic carbocycles. The van der Waals surface area contributed by atoms with Crippen molar-refractivity contribution in [3.8, 4) is 0 Å². The maximum absolute atomic E-state index is 12.4. The fourth-order valence-electron chi connectivity index (χ4n) is 2.89. The molecule has 1 aromatic carbocycles. The molecule has 0 aromatic heterocycles. The first-order valence-corrected chi connectivity index (χ1v) is 7.56. The topological polar surface area (TPSA) is 69.6 Å². The molecule has 1 aromatic rings. The van der Waals surface area contributed by atoms with Gasteiger partial charge in [-0.15, -0.1) is 0 Å². The number of rotatable bonds is 5. The summed E-state index contributed by atoms with van der Waals surface area (Å²) in [5, 5.41) is 12.6. The number of carbonyl (C=O) groups excluding carboxylic acids is 1.